The lowest BCUT2D eigenvalue weighted by molar-refractivity contribution is -0.127. The van der Waals surface area contributed by atoms with E-state index in [1.165, 1.54) is 15.9 Å². The summed E-state index contributed by atoms with van der Waals surface area (Å²) in [6, 6.07) is 3.43. The number of likely N-dealkylation sites (tertiary alicyclic amines) is 1. The second kappa shape index (κ2) is 9.07. The Hall–Kier alpha value is -2.84. The molecular weight excluding hydrogens is 475 g/mol. The van der Waals surface area contributed by atoms with Crippen molar-refractivity contribution in [3.63, 3.8) is 0 Å². The molecule has 0 aromatic carbocycles. The van der Waals surface area contributed by atoms with Gasteiger partial charge in [0.2, 0.25) is 5.91 Å². The van der Waals surface area contributed by atoms with Crippen LogP contribution in [-0.4, -0.2) is 65.8 Å². The molecule has 11 heteroatoms. The first-order valence-electron chi connectivity index (χ1n) is 11.1. The molecule has 34 heavy (non-hydrogen) atoms. The van der Waals surface area contributed by atoms with Gasteiger partial charge in [-0.15, -0.1) is 11.3 Å². The van der Waals surface area contributed by atoms with Crippen LogP contribution in [-0.2, 0) is 16.4 Å². The van der Waals surface area contributed by atoms with Gasteiger partial charge in [0.25, 0.3) is 11.5 Å². The van der Waals surface area contributed by atoms with Crippen molar-refractivity contribution in [3.8, 4) is 16.2 Å². The quantitative estimate of drug-likeness (QED) is 0.480. The van der Waals surface area contributed by atoms with Crippen LogP contribution in [0.1, 0.15) is 30.3 Å². The van der Waals surface area contributed by atoms with E-state index in [2.05, 4.69) is 10.3 Å². The summed E-state index contributed by atoms with van der Waals surface area (Å²) in [5.41, 5.74) is 1.07. The minimum absolute atomic E-state index is 0.0319. The molecular formula is C23H29N4O5PS. The van der Waals surface area contributed by atoms with Crippen LogP contribution in [0.15, 0.2) is 23.1 Å². The molecule has 4 heterocycles. The van der Waals surface area contributed by atoms with E-state index in [4.69, 9.17) is 4.74 Å². The van der Waals surface area contributed by atoms with E-state index >= 15 is 0 Å². The topological polar surface area (TPSA) is 113 Å². The Kier molecular flexibility index (Phi) is 6.48. The first kappa shape index (κ1) is 24.3. The molecule has 3 aromatic rings. The summed E-state index contributed by atoms with van der Waals surface area (Å²) in [7, 11) is 0.839. The van der Waals surface area contributed by atoms with Crippen molar-refractivity contribution in [2.24, 2.45) is 7.05 Å². The number of amides is 2. The SMILES string of the molecule is CCNC(=O)c1cc2c(-c3sc(P(C)(C)=O)cc3OCC3CCC(=O)N3C)cn(C)c(=O)c2[nH]1. The Morgan fingerprint density at radius 1 is 1.29 bits per heavy atom. The van der Waals surface area contributed by atoms with Crippen molar-refractivity contribution in [3.05, 3.63) is 34.4 Å². The average Bonchev–Trinajstić information content (AvgIpc) is 3.48. The van der Waals surface area contributed by atoms with Gasteiger partial charge in [0.1, 0.15) is 30.7 Å². The molecule has 4 rings (SSSR count). The van der Waals surface area contributed by atoms with Gasteiger partial charge in [-0.3, -0.25) is 14.4 Å². The summed E-state index contributed by atoms with van der Waals surface area (Å²) >= 11 is 1.36. The number of nitrogens with zero attached hydrogens (tertiary/aromatic N) is 2. The van der Waals surface area contributed by atoms with Crippen LogP contribution in [0.25, 0.3) is 21.3 Å². The van der Waals surface area contributed by atoms with Crippen LogP contribution in [0.5, 0.6) is 5.75 Å². The van der Waals surface area contributed by atoms with Gasteiger partial charge in [-0.05, 0) is 32.7 Å². The van der Waals surface area contributed by atoms with E-state index in [0.29, 0.717) is 52.1 Å². The smallest absolute Gasteiger partial charge is 0.274 e. The Morgan fingerprint density at radius 3 is 2.65 bits per heavy atom. The number of nitrogens with one attached hydrogen (secondary N) is 2. The van der Waals surface area contributed by atoms with Gasteiger partial charge in [0.05, 0.1) is 15.5 Å². The second-order valence-electron chi connectivity index (χ2n) is 8.93. The molecule has 0 radical (unpaired) electrons. The first-order chi connectivity index (χ1) is 16.0. The summed E-state index contributed by atoms with van der Waals surface area (Å²) < 4.78 is 21.3. The van der Waals surface area contributed by atoms with Crippen molar-refractivity contribution in [1.29, 1.82) is 0 Å². The van der Waals surface area contributed by atoms with E-state index in [0.717, 1.165) is 11.3 Å². The van der Waals surface area contributed by atoms with E-state index in [1.54, 1.807) is 50.7 Å². The summed E-state index contributed by atoms with van der Waals surface area (Å²) in [4.78, 5) is 42.5. The molecule has 1 saturated heterocycles. The zero-order valence-electron chi connectivity index (χ0n) is 19.9. The summed E-state index contributed by atoms with van der Waals surface area (Å²) in [6.07, 6.45) is 2.93. The zero-order valence-corrected chi connectivity index (χ0v) is 21.6. The third-order valence-electron chi connectivity index (χ3n) is 6.07. The Bertz CT molecular complexity index is 1380. The summed E-state index contributed by atoms with van der Waals surface area (Å²) in [6.45, 7) is 6.01. The van der Waals surface area contributed by atoms with Crippen LogP contribution in [0, 0.1) is 0 Å². The van der Waals surface area contributed by atoms with E-state index in [9.17, 15) is 18.9 Å². The fraction of sp³-hybridized carbons (Fsp3) is 0.435. The molecule has 1 fully saturated rings. The van der Waals surface area contributed by atoms with Gasteiger partial charge in [-0.2, -0.15) is 0 Å². The van der Waals surface area contributed by atoms with Crippen LogP contribution >= 0.6 is 18.5 Å². The monoisotopic (exact) mass is 504 g/mol. The molecule has 9 nitrogen and oxygen atoms in total. The number of carbonyl (C=O) groups excluding carboxylic acids is 2. The maximum absolute atomic E-state index is 12.9. The molecule has 3 aromatic heterocycles. The largest absolute Gasteiger partial charge is 0.490 e. The van der Waals surface area contributed by atoms with Gasteiger partial charge >= 0.3 is 0 Å². The molecule has 0 aliphatic carbocycles. The number of ether oxygens (including phenoxy) is 1. The third-order valence-corrected chi connectivity index (χ3v) is 9.81. The maximum Gasteiger partial charge on any atom is 0.274 e. The number of hydrogen-bond donors (Lipinski definition) is 2. The number of carbonyl (C=O) groups is 2. The van der Waals surface area contributed by atoms with Gasteiger partial charge in [0, 0.05) is 50.3 Å². The molecule has 0 spiro atoms. The number of aryl methyl sites for hydroxylation is 1. The number of aromatic amines is 1. The molecule has 0 bridgehead atoms. The zero-order chi connectivity index (χ0) is 24.8. The van der Waals surface area contributed by atoms with Crippen molar-refractivity contribution >= 4 is 45.8 Å². The van der Waals surface area contributed by atoms with Crippen LogP contribution in [0.4, 0.5) is 0 Å². The second-order valence-corrected chi connectivity index (χ2v) is 13.5. The van der Waals surface area contributed by atoms with Crippen molar-refractivity contribution in [1.82, 2.24) is 19.8 Å². The highest BCUT2D eigenvalue weighted by Gasteiger charge is 2.29. The predicted molar refractivity (Wildman–Crippen MR) is 135 cm³/mol. The Labute approximate surface area is 201 Å². The maximum atomic E-state index is 12.9. The fourth-order valence-electron chi connectivity index (χ4n) is 4.06. The van der Waals surface area contributed by atoms with Crippen LogP contribution < -0.4 is 20.2 Å². The Balaban J connectivity index is 1.83. The lowest BCUT2D eigenvalue weighted by atomic mass is 10.1. The fourth-order valence-corrected chi connectivity index (χ4v) is 6.51. The number of rotatable bonds is 7. The molecule has 2 amide bonds. The molecule has 1 aliphatic rings. The standard InChI is InChI=1S/C23H29N4O5PS/c1-6-24-22(29)16-9-14-15(11-26(2)23(30)20(14)25-16)21-17(10-19(34-21)33(4,5)31)32-12-13-7-8-18(28)27(13)3/h9-11,13,25H,6-8,12H2,1-5H3,(H,24,29). The summed E-state index contributed by atoms with van der Waals surface area (Å²) in [5.74, 6) is 0.351. The molecule has 2 N–H and O–H groups in total. The van der Waals surface area contributed by atoms with E-state index in [-0.39, 0.29) is 23.4 Å². The van der Waals surface area contributed by atoms with Gasteiger partial charge in [0.15, 0.2) is 0 Å². The first-order valence-corrected chi connectivity index (χ1v) is 14.5. The molecule has 182 valence electrons. The number of thiophene rings is 1. The predicted octanol–water partition coefficient (Wildman–Crippen LogP) is 2.59. The van der Waals surface area contributed by atoms with Crippen molar-refractivity contribution in [2.45, 2.75) is 25.8 Å². The number of pyridine rings is 1. The highest BCUT2D eigenvalue weighted by atomic mass is 32.1. The molecule has 1 unspecified atom stereocenters. The minimum atomic E-state index is -2.58. The number of H-pyrrole nitrogens is 1. The highest BCUT2D eigenvalue weighted by Crippen LogP contribution is 2.46. The van der Waals surface area contributed by atoms with Gasteiger partial charge in [-0.25, -0.2) is 0 Å². The number of fused-ring (bicyclic) bond motifs is 1. The number of likely N-dealkylation sites (N-methyl/N-ethyl adjacent to an activating group) is 1. The number of hydrogen-bond acceptors (Lipinski definition) is 6. The molecule has 1 atom stereocenters. The molecule has 0 saturated carbocycles. The van der Waals surface area contributed by atoms with E-state index in [1.807, 2.05) is 6.92 Å². The van der Waals surface area contributed by atoms with Crippen LogP contribution in [0.3, 0.4) is 0 Å². The minimum Gasteiger partial charge on any atom is -0.490 e. The molecule has 1 aliphatic heterocycles. The van der Waals surface area contributed by atoms with Crippen molar-refractivity contribution < 1.29 is 18.9 Å². The van der Waals surface area contributed by atoms with Gasteiger partial charge in [-0.1, -0.05) is 0 Å². The lowest BCUT2D eigenvalue weighted by Gasteiger charge is -2.20. The Morgan fingerprint density at radius 2 is 2.03 bits per heavy atom. The lowest BCUT2D eigenvalue weighted by Crippen LogP contribution is -2.33. The van der Waals surface area contributed by atoms with E-state index < -0.39 is 7.14 Å². The average molecular weight is 505 g/mol. The van der Waals surface area contributed by atoms with Gasteiger partial charge < -0.3 is 29.1 Å². The highest BCUT2D eigenvalue weighted by molar-refractivity contribution is 7.75. The summed E-state index contributed by atoms with van der Waals surface area (Å²) in [5, 5.41) is 3.34. The normalized spacial score (nSPS) is 16.4. The van der Waals surface area contributed by atoms with Crippen LogP contribution in [0.2, 0.25) is 0 Å². The van der Waals surface area contributed by atoms with Crippen molar-refractivity contribution in [2.75, 3.05) is 33.5 Å². The third kappa shape index (κ3) is 4.44. The number of aromatic nitrogens is 2.